The van der Waals surface area contributed by atoms with Gasteiger partial charge < -0.3 is 9.73 Å². The molecule has 3 unspecified atom stereocenters. The topological polar surface area (TPSA) is 41.3 Å². The minimum absolute atomic E-state index is 0.271. The van der Waals surface area contributed by atoms with Crippen molar-refractivity contribution in [1.29, 1.82) is 0 Å². The van der Waals surface area contributed by atoms with E-state index in [9.17, 15) is 0 Å². The summed E-state index contributed by atoms with van der Waals surface area (Å²) in [6.07, 6.45) is 3.03. The zero-order valence-electron chi connectivity index (χ0n) is 11.9. The van der Waals surface area contributed by atoms with E-state index >= 15 is 0 Å². The van der Waals surface area contributed by atoms with Crippen molar-refractivity contribution in [3.8, 4) is 0 Å². The Balaban J connectivity index is 2.00. The monoisotopic (exact) mass is 251 g/mol. The summed E-state index contributed by atoms with van der Waals surface area (Å²) in [5, 5.41) is 3.62. The SMILES string of the molecule is CCC(C)C1CN(C(C)c2ncc(C)o2)CCN1. The molecule has 3 atom stereocenters. The molecule has 0 aromatic carbocycles. The molecule has 0 bridgehead atoms. The number of oxazole rings is 1. The second kappa shape index (κ2) is 5.85. The maximum atomic E-state index is 5.65. The molecule has 102 valence electrons. The van der Waals surface area contributed by atoms with Crippen LogP contribution in [0.15, 0.2) is 10.6 Å². The van der Waals surface area contributed by atoms with Crippen LogP contribution in [0.1, 0.15) is 44.9 Å². The molecule has 18 heavy (non-hydrogen) atoms. The van der Waals surface area contributed by atoms with Gasteiger partial charge in [0.15, 0.2) is 0 Å². The van der Waals surface area contributed by atoms with Gasteiger partial charge in [0, 0.05) is 25.7 Å². The van der Waals surface area contributed by atoms with E-state index in [4.69, 9.17) is 4.42 Å². The third kappa shape index (κ3) is 2.93. The van der Waals surface area contributed by atoms with Crippen LogP contribution in [0.5, 0.6) is 0 Å². The smallest absolute Gasteiger partial charge is 0.211 e. The zero-order chi connectivity index (χ0) is 13.1. The van der Waals surface area contributed by atoms with Gasteiger partial charge >= 0.3 is 0 Å². The molecule has 4 heteroatoms. The van der Waals surface area contributed by atoms with Crippen LogP contribution in [-0.2, 0) is 0 Å². The van der Waals surface area contributed by atoms with Crippen LogP contribution in [0.2, 0.25) is 0 Å². The Bertz CT molecular complexity index is 377. The van der Waals surface area contributed by atoms with Gasteiger partial charge in [0.25, 0.3) is 0 Å². The highest BCUT2D eigenvalue weighted by atomic mass is 16.4. The van der Waals surface area contributed by atoms with Crippen molar-refractivity contribution < 1.29 is 4.42 Å². The highest BCUT2D eigenvalue weighted by molar-refractivity contribution is 4.97. The summed E-state index contributed by atoms with van der Waals surface area (Å²) >= 11 is 0. The van der Waals surface area contributed by atoms with Gasteiger partial charge in [-0.05, 0) is 19.8 Å². The normalized spacial score (nSPS) is 25.0. The largest absolute Gasteiger partial charge is 0.444 e. The molecular formula is C14H25N3O. The Kier molecular flexibility index (Phi) is 4.40. The molecule has 2 rings (SSSR count). The van der Waals surface area contributed by atoms with E-state index in [1.807, 2.05) is 6.92 Å². The molecule has 1 aliphatic rings. The van der Waals surface area contributed by atoms with Crippen LogP contribution < -0.4 is 5.32 Å². The average molecular weight is 251 g/mol. The first kappa shape index (κ1) is 13.6. The molecule has 1 saturated heterocycles. The number of hydrogen-bond acceptors (Lipinski definition) is 4. The first-order valence-electron chi connectivity index (χ1n) is 7.01. The molecule has 0 radical (unpaired) electrons. The third-order valence-corrected chi connectivity index (χ3v) is 4.11. The standard InChI is InChI=1S/C14H25N3O/c1-5-10(2)13-9-17(7-6-15-13)12(4)14-16-8-11(3)18-14/h8,10,12-13,15H,5-7,9H2,1-4H3. The molecule has 1 aromatic heterocycles. The van der Waals surface area contributed by atoms with Crippen molar-refractivity contribution in [3.63, 3.8) is 0 Å². The molecule has 0 amide bonds. The van der Waals surface area contributed by atoms with Crippen molar-refractivity contribution in [1.82, 2.24) is 15.2 Å². The van der Waals surface area contributed by atoms with Crippen LogP contribution in [0, 0.1) is 12.8 Å². The third-order valence-electron chi connectivity index (χ3n) is 4.11. The second-order valence-electron chi connectivity index (χ2n) is 5.43. The summed E-state index contributed by atoms with van der Waals surface area (Å²) in [5.41, 5.74) is 0. The Labute approximate surface area is 110 Å². The Morgan fingerprint density at radius 1 is 1.56 bits per heavy atom. The highest BCUT2D eigenvalue weighted by Gasteiger charge is 2.28. The van der Waals surface area contributed by atoms with Crippen molar-refractivity contribution in [3.05, 3.63) is 17.8 Å². The molecule has 2 heterocycles. The van der Waals surface area contributed by atoms with E-state index in [-0.39, 0.29) is 6.04 Å². The fourth-order valence-corrected chi connectivity index (χ4v) is 2.54. The lowest BCUT2D eigenvalue weighted by molar-refractivity contribution is 0.115. The number of nitrogens with zero attached hydrogens (tertiary/aromatic N) is 2. The number of rotatable bonds is 4. The lowest BCUT2D eigenvalue weighted by Gasteiger charge is -2.38. The van der Waals surface area contributed by atoms with Crippen LogP contribution >= 0.6 is 0 Å². The van der Waals surface area contributed by atoms with Gasteiger partial charge in [-0.1, -0.05) is 20.3 Å². The molecule has 0 saturated carbocycles. The average Bonchev–Trinajstić information content (AvgIpc) is 2.83. The Morgan fingerprint density at radius 2 is 2.33 bits per heavy atom. The molecule has 0 aliphatic carbocycles. The van der Waals surface area contributed by atoms with Gasteiger partial charge in [-0.25, -0.2) is 4.98 Å². The molecule has 1 N–H and O–H groups in total. The highest BCUT2D eigenvalue weighted by Crippen LogP contribution is 2.23. The van der Waals surface area contributed by atoms with Gasteiger partial charge in [0.2, 0.25) is 5.89 Å². The predicted molar refractivity (Wildman–Crippen MR) is 72.5 cm³/mol. The van der Waals surface area contributed by atoms with E-state index in [2.05, 4.69) is 36.0 Å². The maximum absolute atomic E-state index is 5.65. The second-order valence-corrected chi connectivity index (χ2v) is 5.43. The fourth-order valence-electron chi connectivity index (χ4n) is 2.54. The molecule has 1 fully saturated rings. The molecule has 1 aromatic rings. The van der Waals surface area contributed by atoms with Crippen LogP contribution in [0.3, 0.4) is 0 Å². The van der Waals surface area contributed by atoms with Gasteiger partial charge in [0.05, 0.1) is 12.2 Å². The van der Waals surface area contributed by atoms with Crippen molar-refractivity contribution >= 4 is 0 Å². The Morgan fingerprint density at radius 3 is 2.94 bits per heavy atom. The van der Waals surface area contributed by atoms with Crippen LogP contribution in [0.4, 0.5) is 0 Å². The fraction of sp³-hybridized carbons (Fsp3) is 0.786. The summed E-state index contributed by atoms with van der Waals surface area (Å²) in [7, 11) is 0. The van der Waals surface area contributed by atoms with E-state index in [0.717, 1.165) is 31.3 Å². The minimum Gasteiger partial charge on any atom is -0.444 e. The number of aryl methyl sites for hydroxylation is 1. The molecular weight excluding hydrogens is 226 g/mol. The first-order chi connectivity index (χ1) is 8.61. The van der Waals surface area contributed by atoms with Crippen molar-refractivity contribution in [2.24, 2.45) is 5.92 Å². The first-order valence-corrected chi connectivity index (χ1v) is 7.01. The quantitative estimate of drug-likeness (QED) is 0.892. The van der Waals surface area contributed by atoms with Crippen molar-refractivity contribution in [2.45, 2.75) is 46.2 Å². The van der Waals surface area contributed by atoms with Gasteiger partial charge in [-0.15, -0.1) is 0 Å². The van der Waals surface area contributed by atoms with Crippen molar-refractivity contribution in [2.75, 3.05) is 19.6 Å². The molecule has 1 aliphatic heterocycles. The van der Waals surface area contributed by atoms with Crippen LogP contribution in [0.25, 0.3) is 0 Å². The summed E-state index contributed by atoms with van der Waals surface area (Å²) < 4.78 is 5.65. The summed E-state index contributed by atoms with van der Waals surface area (Å²) in [6, 6.07) is 0.856. The van der Waals surface area contributed by atoms with Gasteiger partial charge in [-0.2, -0.15) is 0 Å². The van der Waals surface area contributed by atoms with Gasteiger partial charge in [-0.3, -0.25) is 4.90 Å². The van der Waals surface area contributed by atoms with E-state index < -0.39 is 0 Å². The molecule has 0 spiro atoms. The zero-order valence-corrected chi connectivity index (χ0v) is 11.9. The number of piperazine rings is 1. The Hall–Kier alpha value is -0.870. The molecule has 4 nitrogen and oxygen atoms in total. The summed E-state index contributed by atoms with van der Waals surface area (Å²) in [5.74, 6) is 2.45. The lowest BCUT2D eigenvalue weighted by Crippen LogP contribution is -2.53. The number of nitrogens with one attached hydrogen (secondary N) is 1. The summed E-state index contributed by atoms with van der Waals surface area (Å²) in [4.78, 5) is 6.82. The number of hydrogen-bond donors (Lipinski definition) is 1. The van der Waals surface area contributed by atoms with E-state index in [1.54, 1.807) is 6.20 Å². The van der Waals surface area contributed by atoms with E-state index in [0.29, 0.717) is 12.0 Å². The van der Waals surface area contributed by atoms with Crippen LogP contribution in [-0.4, -0.2) is 35.6 Å². The minimum atomic E-state index is 0.271. The summed E-state index contributed by atoms with van der Waals surface area (Å²) in [6.45, 7) is 11.9. The lowest BCUT2D eigenvalue weighted by atomic mass is 9.96. The van der Waals surface area contributed by atoms with Gasteiger partial charge in [0.1, 0.15) is 5.76 Å². The van der Waals surface area contributed by atoms with E-state index in [1.165, 1.54) is 6.42 Å². The number of aromatic nitrogens is 1. The predicted octanol–water partition coefficient (Wildman–Crippen LogP) is 2.36. The maximum Gasteiger partial charge on any atom is 0.211 e.